The summed E-state index contributed by atoms with van der Waals surface area (Å²) in [6.45, 7) is 0. The third-order valence-electron chi connectivity index (χ3n) is 1.39. The number of nitriles is 1. The number of carbonyl (C=O) groups is 1. The Labute approximate surface area is 80.3 Å². The molecule has 1 amide bonds. The first-order chi connectivity index (χ1) is 6.72. The zero-order chi connectivity index (χ0) is 10.4. The van der Waals surface area contributed by atoms with Crippen LogP contribution in [0.25, 0.3) is 0 Å². The number of hydrogen-bond donors (Lipinski definition) is 2. The van der Waals surface area contributed by atoms with Crippen LogP contribution in [-0.2, 0) is 0 Å². The molecule has 14 heavy (non-hydrogen) atoms. The van der Waals surface area contributed by atoms with E-state index >= 15 is 0 Å². The van der Waals surface area contributed by atoms with Crippen molar-refractivity contribution in [2.75, 3.05) is 0 Å². The van der Waals surface area contributed by atoms with Gasteiger partial charge < -0.3 is 5.11 Å². The van der Waals surface area contributed by atoms with E-state index in [1.807, 2.05) is 11.5 Å². The van der Waals surface area contributed by atoms with E-state index in [9.17, 15) is 4.79 Å². The van der Waals surface area contributed by atoms with Crippen molar-refractivity contribution in [3.05, 3.63) is 35.4 Å². The maximum absolute atomic E-state index is 10.0. The summed E-state index contributed by atoms with van der Waals surface area (Å²) in [4.78, 5) is 10.0. The van der Waals surface area contributed by atoms with Crippen molar-refractivity contribution in [2.24, 2.45) is 5.10 Å². The molecule has 0 saturated heterocycles. The zero-order valence-corrected chi connectivity index (χ0v) is 7.14. The summed E-state index contributed by atoms with van der Waals surface area (Å²) in [6, 6.07) is 8.64. The monoisotopic (exact) mass is 189 g/mol. The average molecular weight is 189 g/mol. The molecule has 1 rings (SSSR count). The number of nitrogens with one attached hydrogen (secondary N) is 1. The van der Waals surface area contributed by atoms with Crippen LogP contribution in [0.3, 0.4) is 0 Å². The fourth-order valence-corrected chi connectivity index (χ4v) is 0.851. The van der Waals surface area contributed by atoms with E-state index < -0.39 is 6.09 Å². The molecular weight excluding hydrogens is 182 g/mol. The van der Waals surface area contributed by atoms with Gasteiger partial charge in [-0.3, -0.25) is 0 Å². The Morgan fingerprint density at radius 3 is 3.07 bits per heavy atom. The van der Waals surface area contributed by atoms with Crippen molar-refractivity contribution < 1.29 is 9.90 Å². The van der Waals surface area contributed by atoms with Crippen LogP contribution < -0.4 is 5.43 Å². The van der Waals surface area contributed by atoms with Crippen LogP contribution in [0.4, 0.5) is 4.79 Å². The molecule has 0 spiro atoms. The van der Waals surface area contributed by atoms with Crippen molar-refractivity contribution in [3.8, 4) is 6.07 Å². The van der Waals surface area contributed by atoms with Gasteiger partial charge in [-0.15, -0.1) is 0 Å². The lowest BCUT2D eigenvalue weighted by Gasteiger charge is -1.93. The van der Waals surface area contributed by atoms with E-state index in [0.717, 1.165) is 0 Å². The highest BCUT2D eigenvalue weighted by molar-refractivity contribution is 5.81. The highest BCUT2D eigenvalue weighted by Crippen LogP contribution is 2.00. The van der Waals surface area contributed by atoms with E-state index in [1.165, 1.54) is 6.21 Å². The molecule has 0 heterocycles. The van der Waals surface area contributed by atoms with Crippen LogP contribution in [0.1, 0.15) is 11.1 Å². The van der Waals surface area contributed by atoms with E-state index in [2.05, 4.69) is 5.10 Å². The number of amides is 1. The Kier molecular flexibility index (Phi) is 3.21. The molecule has 0 bridgehead atoms. The minimum atomic E-state index is -1.22. The Morgan fingerprint density at radius 1 is 1.64 bits per heavy atom. The molecule has 0 saturated carbocycles. The molecule has 0 aromatic heterocycles. The summed E-state index contributed by atoms with van der Waals surface area (Å²) >= 11 is 0. The molecular formula is C9H7N3O2. The Hall–Kier alpha value is -2.35. The Balaban J connectivity index is 2.72. The molecule has 0 radical (unpaired) electrons. The Bertz CT molecular complexity index is 407. The first kappa shape index (κ1) is 9.74. The summed E-state index contributed by atoms with van der Waals surface area (Å²) in [5, 5.41) is 20.2. The van der Waals surface area contributed by atoms with Gasteiger partial charge in [0, 0.05) is 0 Å². The zero-order valence-electron chi connectivity index (χ0n) is 7.14. The second kappa shape index (κ2) is 4.62. The smallest absolute Gasteiger partial charge is 0.425 e. The third-order valence-corrected chi connectivity index (χ3v) is 1.39. The summed E-state index contributed by atoms with van der Waals surface area (Å²) in [5.74, 6) is 0. The number of nitrogens with zero attached hydrogens (tertiary/aromatic N) is 2. The largest absolute Gasteiger partial charge is 0.464 e. The molecule has 70 valence electrons. The standard InChI is InChI=1S/C9H7N3O2/c10-5-7-2-1-3-8(4-7)6-11-12-9(13)14/h1-4,6,12H,(H,13,14). The molecule has 1 aromatic carbocycles. The first-order valence-electron chi connectivity index (χ1n) is 3.74. The molecule has 5 nitrogen and oxygen atoms in total. The van der Waals surface area contributed by atoms with E-state index in [1.54, 1.807) is 24.3 Å². The van der Waals surface area contributed by atoms with Crippen molar-refractivity contribution in [3.63, 3.8) is 0 Å². The van der Waals surface area contributed by atoms with Crippen molar-refractivity contribution in [1.82, 2.24) is 5.43 Å². The minimum absolute atomic E-state index is 0.504. The van der Waals surface area contributed by atoms with Gasteiger partial charge in [0.25, 0.3) is 0 Å². The fourth-order valence-electron chi connectivity index (χ4n) is 0.851. The van der Waals surface area contributed by atoms with Gasteiger partial charge in [-0.05, 0) is 17.7 Å². The molecule has 1 aromatic rings. The first-order valence-corrected chi connectivity index (χ1v) is 3.74. The number of benzene rings is 1. The maximum atomic E-state index is 10.0. The van der Waals surface area contributed by atoms with Gasteiger partial charge in [0.2, 0.25) is 0 Å². The van der Waals surface area contributed by atoms with Crippen LogP contribution in [0.15, 0.2) is 29.4 Å². The second-order valence-corrected chi connectivity index (χ2v) is 2.41. The van der Waals surface area contributed by atoms with Crippen molar-refractivity contribution in [1.29, 1.82) is 5.26 Å². The highest BCUT2D eigenvalue weighted by atomic mass is 16.4. The summed E-state index contributed by atoms with van der Waals surface area (Å²) in [6.07, 6.45) is 0.104. The molecule has 0 aliphatic carbocycles. The summed E-state index contributed by atoms with van der Waals surface area (Å²) < 4.78 is 0. The van der Waals surface area contributed by atoms with E-state index in [0.29, 0.717) is 11.1 Å². The van der Waals surface area contributed by atoms with Gasteiger partial charge in [0.15, 0.2) is 0 Å². The van der Waals surface area contributed by atoms with Gasteiger partial charge >= 0.3 is 6.09 Å². The third kappa shape index (κ3) is 2.95. The lowest BCUT2D eigenvalue weighted by molar-refractivity contribution is 0.195. The molecule has 0 atom stereocenters. The lowest BCUT2D eigenvalue weighted by atomic mass is 10.1. The number of hydrazone groups is 1. The second-order valence-electron chi connectivity index (χ2n) is 2.41. The van der Waals surface area contributed by atoms with Gasteiger partial charge in [-0.25, -0.2) is 10.2 Å². The maximum Gasteiger partial charge on any atom is 0.425 e. The highest BCUT2D eigenvalue weighted by Gasteiger charge is 1.92. The number of rotatable bonds is 2. The predicted octanol–water partition coefficient (Wildman–Crippen LogP) is 1.16. The van der Waals surface area contributed by atoms with Crippen LogP contribution in [0.2, 0.25) is 0 Å². The minimum Gasteiger partial charge on any atom is -0.464 e. The normalized spacial score (nSPS) is 9.64. The topological polar surface area (TPSA) is 85.5 Å². The van der Waals surface area contributed by atoms with Gasteiger partial charge in [-0.1, -0.05) is 12.1 Å². The van der Waals surface area contributed by atoms with Gasteiger partial charge in [0.05, 0.1) is 17.8 Å². The molecule has 0 aliphatic rings. The SMILES string of the molecule is N#Cc1cccc(C=NNC(=O)O)c1. The summed E-state index contributed by atoms with van der Waals surface area (Å²) in [7, 11) is 0. The molecule has 0 aliphatic heterocycles. The molecule has 5 heteroatoms. The average Bonchev–Trinajstić information content (AvgIpc) is 2.18. The van der Waals surface area contributed by atoms with Crippen LogP contribution in [-0.4, -0.2) is 17.4 Å². The van der Waals surface area contributed by atoms with Gasteiger partial charge in [0.1, 0.15) is 0 Å². The molecule has 0 fully saturated rings. The fraction of sp³-hybridized carbons (Fsp3) is 0. The van der Waals surface area contributed by atoms with Gasteiger partial charge in [-0.2, -0.15) is 10.4 Å². The van der Waals surface area contributed by atoms with Crippen LogP contribution >= 0.6 is 0 Å². The number of hydrogen-bond acceptors (Lipinski definition) is 3. The number of carboxylic acid groups (broad SMARTS) is 1. The predicted molar refractivity (Wildman–Crippen MR) is 49.9 cm³/mol. The molecule has 2 N–H and O–H groups in total. The van der Waals surface area contributed by atoms with Crippen molar-refractivity contribution in [2.45, 2.75) is 0 Å². The summed E-state index contributed by atoms with van der Waals surface area (Å²) in [5.41, 5.74) is 3.00. The Morgan fingerprint density at radius 2 is 2.43 bits per heavy atom. The van der Waals surface area contributed by atoms with Crippen LogP contribution in [0, 0.1) is 11.3 Å². The van der Waals surface area contributed by atoms with Crippen molar-refractivity contribution >= 4 is 12.3 Å². The van der Waals surface area contributed by atoms with Crippen LogP contribution in [0.5, 0.6) is 0 Å². The van der Waals surface area contributed by atoms with E-state index in [4.69, 9.17) is 10.4 Å². The molecule has 0 unspecified atom stereocenters. The lowest BCUT2D eigenvalue weighted by Crippen LogP contribution is -2.13. The quantitative estimate of drug-likeness (QED) is 0.540. The van der Waals surface area contributed by atoms with E-state index in [-0.39, 0.29) is 0 Å².